The number of carbonyl (C=O) groups is 1. The van der Waals surface area contributed by atoms with Crippen molar-refractivity contribution >= 4 is 38.9 Å². The van der Waals surface area contributed by atoms with E-state index in [1.807, 2.05) is 37.3 Å². The number of nitrogens with zero attached hydrogens (tertiary/aromatic N) is 1. The van der Waals surface area contributed by atoms with Crippen molar-refractivity contribution in [3.05, 3.63) is 119 Å². The first-order chi connectivity index (χ1) is 18.9. The first-order valence-corrected chi connectivity index (χ1v) is 13.8. The predicted octanol–water partition coefficient (Wildman–Crippen LogP) is 7.08. The molecule has 0 aromatic heterocycles. The minimum absolute atomic E-state index is 0.0565. The lowest BCUT2D eigenvalue weighted by Crippen LogP contribution is -2.30. The third-order valence-electron chi connectivity index (χ3n) is 5.84. The van der Waals surface area contributed by atoms with E-state index in [0.29, 0.717) is 5.69 Å². The highest BCUT2D eigenvalue weighted by molar-refractivity contribution is 7.92. The molecule has 0 radical (unpaired) electrons. The zero-order chi connectivity index (χ0) is 28.9. The monoisotopic (exact) mass is 588 g/mol. The summed E-state index contributed by atoms with van der Waals surface area (Å²) in [5.74, 6) is -0.473. The number of sulfonamides is 1. The molecule has 0 atom stereocenters. The van der Waals surface area contributed by atoms with E-state index < -0.39 is 34.3 Å². The fraction of sp³-hybridized carbons (Fsp3) is 0.138. The van der Waals surface area contributed by atoms with Crippen molar-refractivity contribution in [3.63, 3.8) is 0 Å². The summed E-state index contributed by atoms with van der Waals surface area (Å²) < 4.78 is 72.9. The molecule has 0 saturated heterocycles. The van der Waals surface area contributed by atoms with Gasteiger partial charge in [0.25, 0.3) is 15.9 Å². The van der Waals surface area contributed by atoms with Crippen molar-refractivity contribution in [2.24, 2.45) is 0 Å². The van der Waals surface area contributed by atoms with Gasteiger partial charge in [-0.1, -0.05) is 59.6 Å². The fourth-order valence-electron chi connectivity index (χ4n) is 3.74. The summed E-state index contributed by atoms with van der Waals surface area (Å²) in [6, 6.07) is 24.4. The van der Waals surface area contributed by atoms with Crippen molar-refractivity contribution in [3.8, 4) is 5.75 Å². The summed E-state index contributed by atoms with van der Waals surface area (Å²) in [7, 11) is -3.92. The van der Waals surface area contributed by atoms with Crippen LogP contribution in [-0.4, -0.2) is 20.9 Å². The van der Waals surface area contributed by atoms with E-state index in [-0.39, 0.29) is 27.9 Å². The molecule has 1 N–H and O–H groups in total. The van der Waals surface area contributed by atoms with Crippen LogP contribution in [0, 0.1) is 6.92 Å². The van der Waals surface area contributed by atoms with Crippen LogP contribution >= 0.6 is 11.6 Å². The Balaban J connectivity index is 1.49. The average molecular weight is 589 g/mol. The third kappa shape index (κ3) is 7.13. The third-order valence-corrected chi connectivity index (χ3v) is 7.96. The van der Waals surface area contributed by atoms with Crippen LogP contribution in [0.5, 0.6) is 5.75 Å². The molecule has 6 nitrogen and oxygen atoms in total. The lowest BCUT2D eigenvalue weighted by molar-refractivity contribution is -0.137. The minimum atomic E-state index is -4.59. The predicted molar refractivity (Wildman–Crippen MR) is 148 cm³/mol. The van der Waals surface area contributed by atoms with Crippen molar-refractivity contribution < 1.29 is 31.1 Å². The van der Waals surface area contributed by atoms with Crippen molar-refractivity contribution in [2.75, 3.05) is 16.2 Å². The molecule has 4 aromatic carbocycles. The Morgan fingerprint density at radius 2 is 1.57 bits per heavy atom. The average Bonchev–Trinajstić information content (AvgIpc) is 2.92. The topological polar surface area (TPSA) is 75.7 Å². The Kier molecular flexibility index (Phi) is 8.70. The fourth-order valence-corrected chi connectivity index (χ4v) is 5.36. The molecule has 4 aromatic rings. The number of rotatable bonds is 9. The zero-order valence-electron chi connectivity index (χ0n) is 21.2. The number of alkyl halides is 3. The van der Waals surface area contributed by atoms with Crippen LogP contribution < -0.4 is 14.4 Å². The second-order valence-electron chi connectivity index (χ2n) is 8.83. The van der Waals surface area contributed by atoms with Gasteiger partial charge in [-0.25, -0.2) is 8.42 Å². The molecule has 11 heteroatoms. The van der Waals surface area contributed by atoms with Crippen LogP contribution in [0.3, 0.4) is 0 Å². The minimum Gasteiger partial charge on any atom is -0.484 e. The van der Waals surface area contributed by atoms with Crippen LogP contribution in [-0.2, 0) is 27.5 Å². The Bertz CT molecular complexity index is 1580. The molecule has 208 valence electrons. The number of hydrogen-bond acceptors (Lipinski definition) is 4. The molecular formula is C29H24ClF3N2O4S. The maximum Gasteiger partial charge on any atom is 0.416 e. The number of aryl methyl sites for hydroxylation is 1. The van der Waals surface area contributed by atoms with Gasteiger partial charge in [0, 0.05) is 0 Å². The quantitative estimate of drug-likeness (QED) is 0.227. The molecule has 0 unspecified atom stereocenters. The first kappa shape index (κ1) is 29.0. The molecule has 0 spiro atoms. The van der Waals surface area contributed by atoms with Gasteiger partial charge in [-0.05, 0) is 67.1 Å². The molecular weight excluding hydrogens is 565 g/mol. The lowest BCUT2D eigenvalue weighted by atomic mass is 10.2. The summed E-state index contributed by atoms with van der Waals surface area (Å²) in [6.07, 6.45) is -4.59. The van der Waals surface area contributed by atoms with Crippen LogP contribution in [0.1, 0.15) is 16.7 Å². The van der Waals surface area contributed by atoms with Gasteiger partial charge < -0.3 is 10.1 Å². The molecule has 0 heterocycles. The second kappa shape index (κ2) is 12.0. The standard InChI is InChI=1S/C29H24ClF3N2O4S/c1-20-7-14-25(15-8-20)40(37,38)35(18-21-5-3-2-4-6-21)23-10-12-24(13-11-23)39-19-28(36)34-27-17-22(29(31,32)33)9-16-26(27)30/h2-17H,18-19H2,1H3,(H,34,36). The van der Waals surface area contributed by atoms with Gasteiger partial charge in [0.05, 0.1) is 33.4 Å². The van der Waals surface area contributed by atoms with Gasteiger partial charge in [-0.2, -0.15) is 13.2 Å². The van der Waals surface area contributed by atoms with E-state index in [1.54, 1.807) is 36.4 Å². The second-order valence-corrected chi connectivity index (χ2v) is 11.1. The first-order valence-electron chi connectivity index (χ1n) is 12.0. The zero-order valence-corrected chi connectivity index (χ0v) is 22.7. The van der Waals surface area contributed by atoms with E-state index in [4.69, 9.17) is 16.3 Å². The highest BCUT2D eigenvalue weighted by Crippen LogP contribution is 2.34. The summed E-state index contributed by atoms with van der Waals surface area (Å²) in [5, 5.41) is 2.25. The van der Waals surface area contributed by atoms with Gasteiger partial charge in [0.15, 0.2) is 6.61 Å². The van der Waals surface area contributed by atoms with Crippen molar-refractivity contribution in [1.82, 2.24) is 0 Å². The van der Waals surface area contributed by atoms with Crippen molar-refractivity contribution in [1.29, 1.82) is 0 Å². The van der Waals surface area contributed by atoms with Crippen LogP contribution in [0.15, 0.2) is 102 Å². The molecule has 4 rings (SSSR count). The number of benzene rings is 4. The maximum absolute atomic E-state index is 13.6. The lowest BCUT2D eigenvalue weighted by Gasteiger charge is -2.25. The molecule has 0 aliphatic heterocycles. The maximum atomic E-state index is 13.6. The number of ether oxygens (including phenoxy) is 1. The van der Waals surface area contributed by atoms with Gasteiger partial charge in [-0.15, -0.1) is 0 Å². The highest BCUT2D eigenvalue weighted by Gasteiger charge is 2.31. The number of halogens is 4. The van der Waals surface area contributed by atoms with Gasteiger partial charge >= 0.3 is 6.18 Å². The number of amides is 1. The van der Waals surface area contributed by atoms with Crippen LogP contribution in [0.2, 0.25) is 5.02 Å². The highest BCUT2D eigenvalue weighted by atomic mass is 35.5. The number of hydrogen-bond donors (Lipinski definition) is 1. The summed E-state index contributed by atoms with van der Waals surface area (Å²) in [5.41, 5.74) is 0.928. The molecule has 0 saturated carbocycles. The summed E-state index contributed by atoms with van der Waals surface area (Å²) in [6.45, 7) is 1.43. The Morgan fingerprint density at radius 3 is 2.20 bits per heavy atom. The van der Waals surface area contributed by atoms with E-state index in [0.717, 1.165) is 29.3 Å². The van der Waals surface area contributed by atoms with E-state index in [9.17, 15) is 26.4 Å². The normalized spacial score (nSPS) is 11.6. The van der Waals surface area contributed by atoms with E-state index in [1.165, 1.54) is 16.4 Å². The molecule has 1 amide bonds. The van der Waals surface area contributed by atoms with Crippen LogP contribution in [0.25, 0.3) is 0 Å². The van der Waals surface area contributed by atoms with E-state index in [2.05, 4.69) is 5.32 Å². The molecule has 0 aliphatic carbocycles. The van der Waals surface area contributed by atoms with Gasteiger partial charge in [-0.3, -0.25) is 9.10 Å². The molecule has 0 aliphatic rings. The molecule has 40 heavy (non-hydrogen) atoms. The largest absolute Gasteiger partial charge is 0.484 e. The smallest absolute Gasteiger partial charge is 0.416 e. The van der Waals surface area contributed by atoms with Crippen molar-refractivity contribution in [2.45, 2.75) is 24.5 Å². The summed E-state index contributed by atoms with van der Waals surface area (Å²) in [4.78, 5) is 12.5. The Labute approximate surface area is 235 Å². The Morgan fingerprint density at radius 1 is 0.925 bits per heavy atom. The van der Waals surface area contributed by atoms with Gasteiger partial charge in [0.2, 0.25) is 0 Å². The van der Waals surface area contributed by atoms with Crippen LogP contribution in [0.4, 0.5) is 24.5 Å². The number of anilines is 2. The van der Waals surface area contributed by atoms with E-state index >= 15 is 0 Å². The number of carbonyl (C=O) groups excluding carboxylic acids is 1. The van der Waals surface area contributed by atoms with Gasteiger partial charge in [0.1, 0.15) is 5.75 Å². The molecule has 0 bridgehead atoms. The number of nitrogens with one attached hydrogen (secondary N) is 1. The SMILES string of the molecule is Cc1ccc(S(=O)(=O)N(Cc2ccccc2)c2ccc(OCC(=O)Nc3cc(C(F)(F)F)ccc3Cl)cc2)cc1. The summed E-state index contributed by atoms with van der Waals surface area (Å²) >= 11 is 5.92. The molecule has 0 fully saturated rings. The Hall–Kier alpha value is -4.02.